The number of thioether (sulfide) groups is 1. The van der Waals surface area contributed by atoms with Crippen molar-refractivity contribution in [2.45, 2.75) is 19.8 Å². The van der Waals surface area contributed by atoms with Crippen LogP contribution in [0, 0.1) is 6.92 Å². The zero-order valence-electron chi connectivity index (χ0n) is 14.3. The fraction of sp³-hybridized carbons (Fsp3) is 0.235. The summed E-state index contributed by atoms with van der Waals surface area (Å²) >= 11 is 11.4. The van der Waals surface area contributed by atoms with Crippen LogP contribution in [0.5, 0.6) is 0 Å². The highest BCUT2D eigenvalue weighted by molar-refractivity contribution is 9.10. The number of nitrogens with zero attached hydrogens (tertiary/aromatic N) is 3. The lowest BCUT2D eigenvalue weighted by Gasteiger charge is -2.13. The van der Waals surface area contributed by atoms with E-state index < -0.39 is 0 Å². The molecule has 1 aromatic carbocycles. The van der Waals surface area contributed by atoms with Crippen molar-refractivity contribution in [1.29, 1.82) is 0 Å². The quantitative estimate of drug-likeness (QED) is 0.490. The third-order valence-corrected chi connectivity index (χ3v) is 6.20. The van der Waals surface area contributed by atoms with E-state index in [1.54, 1.807) is 4.90 Å². The first-order valence-corrected chi connectivity index (χ1v) is 10.9. The van der Waals surface area contributed by atoms with Crippen molar-refractivity contribution in [3.8, 4) is 0 Å². The van der Waals surface area contributed by atoms with Crippen LogP contribution in [0.2, 0.25) is 0 Å². The monoisotopic (exact) mass is 482 g/mol. The van der Waals surface area contributed by atoms with E-state index in [-0.39, 0.29) is 18.2 Å². The normalized spacial score (nSPS) is 15.6. The lowest BCUT2D eigenvalue weighted by atomic mass is 10.2. The molecule has 3 rings (SSSR count). The molecule has 0 aliphatic carbocycles. The molecule has 1 aromatic heterocycles. The van der Waals surface area contributed by atoms with E-state index in [0.717, 1.165) is 15.0 Å². The van der Waals surface area contributed by atoms with Gasteiger partial charge in [-0.3, -0.25) is 14.5 Å². The minimum atomic E-state index is -0.152. The number of carbonyl (C=O) groups excluding carboxylic acids is 2. The minimum Gasteiger partial charge on any atom is -0.301 e. The Hall–Kier alpha value is -1.62. The fourth-order valence-electron chi connectivity index (χ4n) is 2.37. The number of anilines is 1. The van der Waals surface area contributed by atoms with E-state index in [1.165, 1.54) is 23.1 Å². The third kappa shape index (κ3) is 5.44. The Morgan fingerprint density at radius 3 is 2.93 bits per heavy atom. The van der Waals surface area contributed by atoms with Crippen LogP contribution in [0.25, 0.3) is 6.08 Å². The zero-order valence-corrected chi connectivity index (χ0v) is 18.3. The van der Waals surface area contributed by atoms with Gasteiger partial charge >= 0.3 is 0 Å². The number of hydrogen-bond donors (Lipinski definition) is 1. The van der Waals surface area contributed by atoms with Gasteiger partial charge in [-0.2, -0.15) is 0 Å². The molecule has 10 heteroatoms. The van der Waals surface area contributed by atoms with Crippen molar-refractivity contribution in [3.05, 3.63) is 44.2 Å². The molecule has 1 fully saturated rings. The van der Waals surface area contributed by atoms with Crippen molar-refractivity contribution in [2.75, 3.05) is 11.9 Å². The molecule has 1 saturated heterocycles. The predicted octanol–water partition coefficient (Wildman–Crippen LogP) is 4.23. The van der Waals surface area contributed by atoms with E-state index in [0.29, 0.717) is 27.3 Å². The number of hydrogen-bond acceptors (Lipinski definition) is 7. The van der Waals surface area contributed by atoms with Gasteiger partial charge in [-0.15, -0.1) is 10.2 Å². The lowest BCUT2D eigenvalue weighted by molar-refractivity contribution is -0.122. The van der Waals surface area contributed by atoms with Crippen LogP contribution in [0.4, 0.5) is 5.13 Å². The van der Waals surface area contributed by atoms with E-state index >= 15 is 0 Å². The van der Waals surface area contributed by atoms with Crippen molar-refractivity contribution in [3.63, 3.8) is 0 Å². The van der Waals surface area contributed by atoms with E-state index in [2.05, 4.69) is 31.4 Å². The van der Waals surface area contributed by atoms with Gasteiger partial charge in [0.1, 0.15) is 9.33 Å². The summed E-state index contributed by atoms with van der Waals surface area (Å²) in [5.41, 5.74) is 0.927. The van der Waals surface area contributed by atoms with Gasteiger partial charge in [-0.1, -0.05) is 63.4 Å². The SMILES string of the molecule is Cc1nnc(NC(=O)CCCN2C(=O)/C(=C/c3cccc(Br)c3)SC2=S)s1. The number of amides is 2. The van der Waals surface area contributed by atoms with Crippen LogP contribution in [0.15, 0.2) is 33.6 Å². The number of aryl methyl sites for hydroxylation is 1. The highest BCUT2D eigenvalue weighted by Crippen LogP contribution is 2.33. The van der Waals surface area contributed by atoms with Crippen LogP contribution < -0.4 is 5.32 Å². The smallest absolute Gasteiger partial charge is 0.266 e. The standard InChI is InChI=1S/C17H15BrN4O2S3/c1-10-20-21-16(26-10)19-14(23)6-3-7-22-15(24)13(27-17(22)25)9-11-4-2-5-12(18)8-11/h2,4-5,8-9H,3,6-7H2,1H3,(H,19,21,23)/b13-9-. The van der Waals surface area contributed by atoms with Gasteiger partial charge in [0.25, 0.3) is 5.91 Å². The molecule has 0 saturated carbocycles. The summed E-state index contributed by atoms with van der Waals surface area (Å²) in [6.45, 7) is 2.23. The van der Waals surface area contributed by atoms with Gasteiger partial charge in [0.2, 0.25) is 11.0 Å². The summed E-state index contributed by atoms with van der Waals surface area (Å²) in [7, 11) is 0. The van der Waals surface area contributed by atoms with Crippen molar-refractivity contribution in [2.24, 2.45) is 0 Å². The average Bonchev–Trinajstić information content (AvgIpc) is 3.12. The molecular formula is C17H15BrN4O2S3. The number of rotatable bonds is 6. The minimum absolute atomic E-state index is 0.120. The second-order valence-electron chi connectivity index (χ2n) is 5.67. The molecule has 0 radical (unpaired) electrons. The fourth-order valence-corrected chi connectivity index (χ4v) is 4.70. The molecule has 1 N–H and O–H groups in total. The van der Waals surface area contributed by atoms with E-state index in [9.17, 15) is 9.59 Å². The van der Waals surface area contributed by atoms with Crippen molar-refractivity contribution < 1.29 is 9.59 Å². The summed E-state index contributed by atoms with van der Waals surface area (Å²) in [5, 5.41) is 11.7. The molecule has 2 heterocycles. The van der Waals surface area contributed by atoms with Gasteiger partial charge in [0.05, 0.1) is 4.91 Å². The Bertz CT molecular complexity index is 928. The first kappa shape index (κ1) is 20.1. The Morgan fingerprint density at radius 2 is 2.22 bits per heavy atom. The van der Waals surface area contributed by atoms with Crippen LogP contribution in [-0.2, 0) is 9.59 Å². The number of aromatic nitrogens is 2. The first-order chi connectivity index (χ1) is 12.9. The number of nitrogens with one attached hydrogen (secondary N) is 1. The first-order valence-electron chi connectivity index (χ1n) is 8.03. The highest BCUT2D eigenvalue weighted by Gasteiger charge is 2.31. The van der Waals surface area contributed by atoms with Gasteiger partial charge < -0.3 is 5.32 Å². The molecule has 6 nitrogen and oxygen atoms in total. The Labute approximate surface area is 178 Å². The lowest BCUT2D eigenvalue weighted by Crippen LogP contribution is -2.29. The average molecular weight is 483 g/mol. The second-order valence-corrected chi connectivity index (χ2v) is 9.44. The summed E-state index contributed by atoms with van der Waals surface area (Å²) < 4.78 is 1.46. The zero-order chi connectivity index (χ0) is 19.4. The van der Waals surface area contributed by atoms with E-state index in [4.69, 9.17) is 12.2 Å². The summed E-state index contributed by atoms with van der Waals surface area (Å²) in [5.74, 6) is -0.272. The van der Waals surface area contributed by atoms with Crippen LogP contribution >= 0.6 is 51.2 Å². The van der Waals surface area contributed by atoms with Crippen LogP contribution in [0.3, 0.4) is 0 Å². The van der Waals surface area contributed by atoms with Gasteiger partial charge in [0.15, 0.2) is 0 Å². The molecule has 0 spiro atoms. The number of benzene rings is 1. The Morgan fingerprint density at radius 1 is 1.41 bits per heavy atom. The molecule has 2 amide bonds. The highest BCUT2D eigenvalue weighted by atomic mass is 79.9. The maximum atomic E-state index is 12.6. The van der Waals surface area contributed by atoms with Gasteiger partial charge in [-0.05, 0) is 37.1 Å². The van der Waals surface area contributed by atoms with Crippen LogP contribution in [-0.4, -0.2) is 37.8 Å². The molecular weight excluding hydrogens is 468 g/mol. The predicted molar refractivity (Wildman–Crippen MR) is 117 cm³/mol. The summed E-state index contributed by atoms with van der Waals surface area (Å²) in [6.07, 6.45) is 2.62. The molecule has 2 aromatic rings. The third-order valence-electron chi connectivity index (χ3n) is 3.58. The molecule has 0 atom stereocenters. The molecule has 1 aliphatic heterocycles. The maximum absolute atomic E-state index is 12.6. The van der Waals surface area contributed by atoms with Gasteiger partial charge in [0, 0.05) is 17.4 Å². The maximum Gasteiger partial charge on any atom is 0.266 e. The molecule has 0 unspecified atom stereocenters. The summed E-state index contributed by atoms with van der Waals surface area (Å²) in [6, 6.07) is 7.70. The van der Waals surface area contributed by atoms with Crippen LogP contribution in [0.1, 0.15) is 23.4 Å². The van der Waals surface area contributed by atoms with Gasteiger partial charge in [-0.25, -0.2) is 0 Å². The summed E-state index contributed by atoms with van der Waals surface area (Å²) in [4.78, 5) is 26.7. The Kier molecular flexibility index (Phi) is 6.74. The van der Waals surface area contributed by atoms with Crippen molar-refractivity contribution in [1.82, 2.24) is 15.1 Å². The second kappa shape index (κ2) is 9.05. The van der Waals surface area contributed by atoms with Crippen molar-refractivity contribution >= 4 is 78.6 Å². The van der Waals surface area contributed by atoms with E-state index in [1.807, 2.05) is 37.3 Å². The molecule has 1 aliphatic rings. The molecule has 140 valence electrons. The number of thiocarbonyl (C=S) groups is 1. The molecule has 0 bridgehead atoms. The number of carbonyl (C=O) groups is 2. The molecule has 27 heavy (non-hydrogen) atoms. The largest absolute Gasteiger partial charge is 0.301 e. The number of halogens is 1. The topological polar surface area (TPSA) is 75.2 Å². The Balaban J connectivity index is 1.54.